The molecule has 0 radical (unpaired) electrons. The Morgan fingerprint density at radius 1 is 1.08 bits per heavy atom. The standard InChI is InChI=1S/C19H21NO2S2/c1-14(2)17(22-12-15-8-4-3-5-9-15)13-24(21)19-20-16-10-6-7-11-18(16)23-19/h3-11,14,17H,12-13H2,1-2H3/t17?,24-/m0/s1. The summed E-state index contributed by atoms with van der Waals surface area (Å²) in [4.78, 5) is 4.51. The normalized spacial score (nSPS) is 14.1. The van der Waals surface area contributed by atoms with Gasteiger partial charge in [0.05, 0.1) is 39.5 Å². The van der Waals surface area contributed by atoms with Crippen molar-refractivity contribution in [3.63, 3.8) is 0 Å². The van der Waals surface area contributed by atoms with Gasteiger partial charge in [0.25, 0.3) is 0 Å². The van der Waals surface area contributed by atoms with Crippen LogP contribution in [-0.4, -0.2) is 21.0 Å². The zero-order chi connectivity index (χ0) is 16.9. The van der Waals surface area contributed by atoms with Crippen LogP contribution < -0.4 is 0 Å². The zero-order valence-corrected chi connectivity index (χ0v) is 15.5. The van der Waals surface area contributed by atoms with Crippen molar-refractivity contribution in [3.8, 4) is 0 Å². The molecule has 5 heteroatoms. The van der Waals surface area contributed by atoms with Crippen molar-refractivity contribution in [1.82, 2.24) is 4.98 Å². The Hall–Kier alpha value is -1.56. The lowest BCUT2D eigenvalue weighted by atomic mass is 10.1. The molecule has 2 atom stereocenters. The third kappa shape index (κ3) is 4.29. The summed E-state index contributed by atoms with van der Waals surface area (Å²) < 4.78 is 20.5. The van der Waals surface area contributed by atoms with Crippen LogP contribution in [0.1, 0.15) is 19.4 Å². The van der Waals surface area contributed by atoms with E-state index in [0.29, 0.717) is 22.6 Å². The van der Waals surface area contributed by atoms with E-state index in [1.807, 2.05) is 54.6 Å². The van der Waals surface area contributed by atoms with Crippen LogP contribution in [0.3, 0.4) is 0 Å². The van der Waals surface area contributed by atoms with Crippen LogP contribution in [-0.2, 0) is 22.1 Å². The maximum absolute atomic E-state index is 12.7. The third-order valence-electron chi connectivity index (χ3n) is 3.84. The molecule has 1 heterocycles. The van der Waals surface area contributed by atoms with E-state index >= 15 is 0 Å². The molecule has 1 unspecified atom stereocenters. The van der Waals surface area contributed by atoms with Gasteiger partial charge in [-0.1, -0.05) is 56.3 Å². The molecule has 0 amide bonds. The molecule has 0 saturated heterocycles. The molecule has 0 bridgehead atoms. The minimum absolute atomic E-state index is 0.0574. The number of aromatic nitrogens is 1. The van der Waals surface area contributed by atoms with Crippen LogP contribution in [0.5, 0.6) is 0 Å². The highest BCUT2D eigenvalue weighted by molar-refractivity contribution is 7.87. The molecule has 126 valence electrons. The van der Waals surface area contributed by atoms with Gasteiger partial charge in [-0.05, 0) is 23.6 Å². The van der Waals surface area contributed by atoms with E-state index in [4.69, 9.17) is 4.74 Å². The van der Waals surface area contributed by atoms with E-state index in [1.54, 1.807) is 0 Å². The molecule has 0 aliphatic rings. The van der Waals surface area contributed by atoms with Crippen molar-refractivity contribution < 1.29 is 8.95 Å². The Morgan fingerprint density at radius 3 is 2.50 bits per heavy atom. The zero-order valence-electron chi connectivity index (χ0n) is 13.8. The molecule has 0 saturated carbocycles. The molecular weight excluding hydrogens is 338 g/mol. The van der Waals surface area contributed by atoms with Gasteiger partial charge in [0.2, 0.25) is 0 Å². The van der Waals surface area contributed by atoms with Crippen LogP contribution in [0.15, 0.2) is 58.9 Å². The molecule has 3 rings (SSSR count). The molecule has 3 aromatic rings. The number of rotatable bonds is 7. The number of nitrogens with zero attached hydrogens (tertiary/aromatic N) is 1. The van der Waals surface area contributed by atoms with Gasteiger partial charge in [-0.15, -0.1) is 11.3 Å². The van der Waals surface area contributed by atoms with Crippen LogP contribution in [0.4, 0.5) is 0 Å². The summed E-state index contributed by atoms with van der Waals surface area (Å²) in [6.45, 7) is 4.75. The number of para-hydroxylation sites is 1. The monoisotopic (exact) mass is 359 g/mol. The second kappa shape index (κ2) is 8.01. The van der Waals surface area contributed by atoms with Gasteiger partial charge in [0.1, 0.15) is 0 Å². The second-order valence-electron chi connectivity index (χ2n) is 6.04. The van der Waals surface area contributed by atoms with Gasteiger partial charge < -0.3 is 4.74 Å². The molecule has 0 aliphatic heterocycles. The molecular formula is C19H21NO2S2. The molecule has 3 nitrogen and oxygen atoms in total. The quantitative estimate of drug-likeness (QED) is 0.617. The fourth-order valence-electron chi connectivity index (χ4n) is 2.38. The number of fused-ring (bicyclic) bond motifs is 1. The average Bonchev–Trinajstić information content (AvgIpc) is 3.03. The van der Waals surface area contributed by atoms with Crippen LogP contribution in [0, 0.1) is 5.92 Å². The Labute approximate surface area is 149 Å². The number of thiazole rings is 1. The van der Waals surface area contributed by atoms with E-state index in [1.165, 1.54) is 11.3 Å². The van der Waals surface area contributed by atoms with Crippen LogP contribution in [0.2, 0.25) is 0 Å². The number of ether oxygens (including phenoxy) is 1. The van der Waals surface area contributed by atoms with E-state index in [9.17, 15) is 4.21 Å². The number of hydrogen-bond acceptors (Lipinski definition) is 4. The minimum Gasteiger partial charge on any atom is -0.372 e. The largest absolute Gasteiger partial charge is 0.372 e. The summed E-state index contributed by atoms with van der Waals surface area (Å²) in [6, 6.07) is 18.0. The maximum Gasteiger partial charge on any atom is 0.181 e. The molecule has 0 spiro atoms. The van der Waals surface area contributed by atoms with Gasteiger partial charge in [0.15, 0.2) is 4.34 Å². The lowest BCUT2D eigenvalue weighted by molar-refractivity contribution is 0.0262. The summed E-state index contributed by atoms with van der Waals surface area (Å²) in [5.41, 5.74) is 2.05. The molecule has 24 heavy (non-hydrogen) atoms. The topological polar surface area (TPSA) is 39.2 Å². The van der Waals surface area contributed by atoms with Gasteiger partial charge in [-0.2, -0.15) is 0 Å². The van der Waals surface area contributed by atoms with E-state index < -0.39 is 10.8 Å². The summed E-state index contributed by atoms with van der Waals surface area (Å²) in [6.07, 6.45) is -0.0574. The highest BCUT2D eigenvalue weighted by Gasteiger charge is 2.20. The van der Waals surface area contributed by atoms with Crippen molar-refractivity contribution in [3.05, 3.63) is 60.2 Å². The molecule has 0 fully saturated rings. The van der Waals surface area contributed by atoms with Crippen molar-refractivity contribution in [2.45, 2.75) is 30.9 Å². The van der Waals surface area contributed by atoms with E-state index in [-0.39, 0.29) is 6.10 Å². The fraction of sp³-hybridized carbons (Fsp3) is 0.316. The van der Waals surface area contributed by atoms with Gasteiger partial charge in [-0.25, -0.2) is 4.98 Å². The van der Waals surface area contributed by atoms with E-state index in [0.717, 1.165) is 15.8 Å². The van der Waals surface area contributed by atoms with Crippen LogP contribution >= 0.6 is 11.3 Å². The average molecular weight is 360 g/mol. The van der Waals surface area contributed by atoms with Crippen LogP contribution in [0.25, 0.3) is 10.2 Å². The van der Waals surface area contributed by atoms with Gasteiger partial charge in [0, 0.05) is 0 Å². The molecule has 0 aliphatic carbocycles. The van der Waals surface area contributed by atoms with Crippen molar-refractivity contribution in [1.29, 1.82) is 0 Å². The first-order chi connectivity index (χ1) is 11.6. The van der Waals surface area contributed by atoms with Crippen molar-refractivity contribution in [2.75, 3.05) is 5.75 Å². The van der Waals surface area contributed by atoms with Crippen molar-refractivity contribution >= 4 is 32.4 Å². The lowest BCUT2D eigenvalue weighted by Crippen LogP contribution is -2.26. The molecule has 2 aromatic carbocycles. The molecule has 0 N–H and O–H groups in total. The summed E-state index contributed by atoms with van der Waals surface area (Å²) in [5, 5.41) is 0. The Morgan fingerprint density at radius 2 is 1.79 bits per heavy atom. The van der Waals surface area contributed by atoms with Gasteiger partial charge >= 0.3 is 0 Å². The van der Waals surface area contributed by atoms with Crippen molar-refractivity contribution in [2.24, 2.45) is 5.92 Å². The second-order valence-corrected chi connectivity index (χ2v) is 8.74. The third-order valence-corrected chi connectivity index (χ3v) is 6.59. The Bertz CT molecular complexity index is 781. The Balaban J connectivity index is 1.67. The summed E-state index contributed by atoms with van der Waals surface area (Å²) >= 11 is 1.51. The van der Waals surface area contributed by atoms with Gasteiger partial charge in [-0.3, -0.25) is 4.21 Å². The maximum atomic E-state index is 12.7. The Kier molecular flexibility index (Phi) is 5.76. The predicted molar refractivity (Wildman–Crippen MR) is 101 cm³/mol. The summed E-state index contributed by atoms with van der Waals surface area (Å²) in [5.74, 6) is 0.775. The highest BCUT2D eigenvalue weighted by atomic mass is 32.2. The first kappa shape index (κ1) is 17.3. The predicted octanol–water partition coefficient (Wildman–Crippen LogP) is 4.65. The summed E-state index contributed by atoms with van der Waals surface area (Å²) in [7, 11) is -1.14. The number of hydrogen-bond donors (Lipinski definition) is 0. The van der Waals surface area contributed by atoms with E-state index in [2.05, 4.69) is 18.8 Å². The first-order valence-electron chi connectivity index (χ1n) is 8.03. The minimum atomic E-state index is -1.14. The number of benzene rings is 2. The fourth-order valence-corrected chi connectivity index (χ4v) is 5.04. The lowest BCUT2D eigenvalue weighted by Gasteiger charge is -2.20. The molecule has 1 aromatic heterocycles. The smallest absolute Gasteiger partial charge is 0.181 e. The first-order valence-corrected chi connectivity index (χ1v) is 10.2. The SMILES string of the molecule is CC(C)C(C[S@](=O)c1nc2ccccc2s1)OCc1ccccc1. The highest BCUT2D eigenvalue weighted by Crippen LogP contribution is 2.25.